The van der Waals surface area contributed by atoms with Gasteiger partial charge in [-0.05, 0) is 13.0 Å². The van der Waals surface area contributed by atoms with Crippen molar-refractivity contribution < 1.29 is 14.6 Å². The smallest absolute Gasteiger partial charge is 0.183 e. The van der Waals surface area contributed by atoms with Crippen LogP contribution in [-0.2, 0) is 22.4 Å². The van der Waals surface area contributed by atoms with Gasteiger partial charge >= 0.3 is 0 Å². The van der Waals surface area contributed by atoms with Crippen LogP contribution in [0.4, 0.5) is 0 Å². The molecular weight excluding hydrogens is 244 g/mol. The number of aromatic nitrogens is 2. The fraction of sp³-hybridized carbons (Fsp3) is 0.500. The highest BCUT2D eigenvalue weighted by molar-refractivity contribution is 5.82. The number of methoxy groups -OCH3 is 2. The normalized spacial score (nSPS) is 13.3. The van der Waals surface area contributed by atoms with Crippen LogP contribution in [0.2, 0.25) is 0 Å². The van der Waals surface area contributed by atoms with Crippen LogP contribution in [0.1, 0.15) is 12.6 Å². The van der Waals surface area contributed by atoms with Crippen LogP contribution in [0, 0.1) is 0 Å². The molecule has 1 unspecified atom stereocenters. The first-order valence-corrected chi connectivity index (χ1v) is 6.39. The fourth-order valence-corrected chi connectivity index (χ4v) is 2.29. The molecule has 1 aromatic heterocycles. The number of para-hydroxylation sites is 1. The zero-order valence-electron chi connectivity index (χ0n) is 11.5. The van der Waals surface area contributed by atoms with E-state index >= 15 is 0 Å². The summed E-state index contributed by atoms with van der Waals surface area (Å²) in [7, 11) is 3.03. The molecule has 5 heteroatoms. The van der Waals surface area contributed by atoms with Gasteiger partial charge in [-0.2, -0.15) is 5.10 Å². The lowest BCUT2D eigenvalue weighted by Gasteiger charge is -2.19. The maximum absolute atomic E-state index is 10.1. The molecule has 0 radical (unpaired) electrons. The summed E-state index contributed by atoms with van der Waals surface area (Å²) in [5.74, 6) is 0. The average Bonchev–Trinajstić information content (AvgIpc) is 2.78. The highest BCUT2D eigenvalue weighted by Crippen LogP contribution is 2.20. The van der Waals surface area contributed by atoms with E-state index < -0.39 is 12.4 Å². The molecule has 0 spiro atoms. The SMILES string of the molecule is CCn1nc(CC(O)C(OC)OC)c2ccccc21. The highest BCUT2D eigenvalue weighted by Gasteiger charge is 2.21. The van der Waals surface area contributed by atoms with Crippen LogP contribution in [0.5, 0.6) is 0 Å². The molecule has 1 aromatic carbocycles. The molecule has 19 heavy (non-hydrogen) atoms. The van der Waals surface area contributed by atoms with Crippen LogP contribution in [0.25, 0.3) is 10.9 Å². The molecule has 5 nitrogen and oxygen atoms in total. The second kappa shape index (κ2) is 6.14. The number of aliphatic hydroxyl groups is 1. The molecule has 2 aromatic rings. The van der Waals surface area contributed by atoms with E-state index in [4.69, 9.17) is 9.47 Å². The van der Waals surface area contributed by atoms with Gasteiger partial charge in [-0.1, -0.05) is 18.2 Å². The van der Waals surface area contributed by atoms with Crippen LogP contribution in [-0.4, -0.2) is 41.5 Å². The molecule has 104 valence electrons. The number of fused-ring (bicyclic) bond motifs is 1. The maximum atomic E-state index is 10.1. The topological polar surface area (TPSA) is 56.5 Å². The molecule has 0 saturated heterocycles. The number of hydrogen-bond donors (Lipinski definition) is 1. The first kappa shape index (κ1) is 14.0. The summed E-state index contributed by atoms with van der Waals surface area (Å²) in [6, 6.07) is 8.02. The first-order chi connectivity index (χ1) is 9.21. The lowest BCUT2D eigenvalue weighted by Crippen LogP contribution is -2.31. The van der Waals surface area contributed by atoms with Gasteiger partial charge in [0.05, 0.1) is 11.2 Å². The summed E-state index contributed by atoms with van der Waals surface area (Å²) in [5, 5.41) is 15.7. The molecule has 2 rings (SSSR count). The molecule has 1 atom stereocenters. The lowest BCUT2D eigenvalue weighted by atomic mass is 10.1. The van der Waals surface area contributed by atoms with E-state index in [2.05, 4.69) is 5.10 Å². The van der Waals surface area contributed by atoms with Gasteiger partial charge in [-0.25, -0.2) is 0 Å². The summed E-state index contributed by atoms with van der Waals surface area (Å²) in [6.45, 7) is 2.85. The monoisotopic (exact) mass is 264 g/mol. The Labute approximate surface area is 112 Å². The number of aliphatic hydroxyl groups excluding tert-OH is 1. The third-order valence-electron chi connectivity index (χ3n) is 3.22. The van der Waals surface area contributed by atoms with E-state index in [0.29, 0.717) is 6.42 Å². The predicted octanol–water partition coefficient (Wildman–Crippen LogP) is 1.58. The first-order valence-electron chi connectivity index (χ1n) is 6.39. The third-order valence-corrected chi connectivity index (χ3v) is 3.22. The van der Waals surface area contributed by atoms with Crippen molar-refractivity contribution in [2.75, 3.05) is 14.2 Å². The maximum Gasteiger partial charge on any atom is 0.183 e. The number of rotatable bonds is 6. The summed E-state index contributed by atoms with van der Waals surface area (Å²) in [5.41, 5.74) is 1.95. The van der Waals surface area contributed by atoms with Gasteiger partial charge in [0.2, 0.25) is 0 Å². The van der Waals surface area contributed by atoms with Crippen LogP contribution in [0.15, 0.2) is 24.3 Å². The van der Waals surface area contributed by atoms with Crippen molar-refractivity contribution in [3.05, 3.63) is 30.0 Å². The van der Waals surface area contributed by atoms with E-state index in [1.54, 1.807) is 0 Å². The molecule has 0 saturated carbocycles. The number of benzene rings is 1. The van der Waals surface area contributed by atoms with Crippen LogP contribution in [0.3, 0.4) is 0 Å². The van der Waals surface area contributed by atoms with Gasteiger partial charge in [0.1, 0.15) is 6.10 Å². The largest absolute Gasteiger partial charge is 0.387 e. The summed E-state index contributed by atoms with van der Waals surface area (Å²) >= 11 is 0. The molecule has 1 heterocycles. The molecule has 0 amide bonds. The number of aryl methyl sites for hydroxylation is 1. The zero-order valence-corrected chi connectivity index (χ0v) is 11.5. The van der Waals surface area contributed by atoms with E-state index in [0.717, 1.165) is 23.1 Å². The molecule has 0 aliphatic carbocycles. The van der Waals surface area contributed by atoms with Crippen LogP contribution >= 0.6 is 0 Å². The Balaban J connectivity index is 2.30. The van der Waals surface area contributed by atoms with Crippen molar-refractivity contribution in [2.24, 2.45) is 0 Å². The van der Waals surface area contributed by atoms with Crippen molar-refractivity contribution in [1.82, 2.24) is 9.78 Å². The Morgan fingerprint density at radius 1 is 1.26 bits per heavy atom. The Kier molecular flexibility index (Phi) is 4.52. The predicted molar refractivity (Wildman–Crippen MR) is 72.9 cm³/mol. The number of hydrogen-bond acceptors (Lipinski definition) is 4. The number of nitrogens with zero attached hydrogens (tertiary/aromatic N) is 2. The minimum Gasteiger partial charge on any atom is -0.387 e. The number of ether oxygens (including phenoxy) is 2. The van der Waals surface area contributed by atoms with E-state index in [-0.39, 0.29) is 0 Å². The van der Waals surface area contributed by atoms with Gasteiger partial charge in [0, 0.05) is 32.6 Å². The van der Waals surface area contributed by atoms with Crippen molar-refractivity contribution in [1.29, 1.82) is 0 Å². The summed E-state index contributed by atoms with van der Waals surface area (Å²) < 4.78 is 12.1. The molecule has 0 bridgehead atoms. The summed E-state index contributed by atoms with van der Waals surface area (Å²) in [6.07, 6.45) is -0.969. The lowest BCUT2D eigenvalue weighted by molar-refractivity contribution is -0.163. The minimum atomic E-state index is -0.737. The van der Waals surface area contributed by atoms with Crippen molar-refractivity contribution in [2.45, 2.75) is 32.3 Å². The van der Waals surface area contributed by atoms with Gasteiger partial charge in [0.25, 0.3) is 0 Å². The molecule has 0 aliphatic rings. The van der Waals surface area contributed by atoms with E-state index in [1.165, 1.54) is 14.2 Å². The van der Waals surface area contributed by atoms with E-state index in [9.17, 15) is 5.11 Å². The highest BCUT2D eigenvalue weighted by atomic mass is 16.7. The van der Waals surface area contributed by atoms with Gasteiger partial charge in [-0.15, -0.1) is 0 Å². The summed E-state index contributed by atoms with van der Waals surface area (Å²) in [4.78, 5) is 0. The van der Waals surface area contributed by atoms with E-state index in [1.807, 2.05) is 35.9 Å². The Morgan fingerprint density at radius 3 is 2.58 bits per heavy atom. The second-order valence-electron chi connectivity index (χ2n) is 4.39. The Morgan fingerprint density at radius 2 is 1.95 bits per heavy atom. The zero-order chi connectivity index (χ0) is 13.8. The molecular formula is C14H20N2O3. The Hall–Kier alpha value is -1.43. The van der Waals surface area contributed by atoms with Gasteiger partial charge < -0.3 is 14.6 Å². The third kappa shape index (κ3) is 2.78. The van der Waals surface area contributed by atoms with Gasteiger partial charge in [0.15, 0.2) is 6.29 Å². The molecule has 1 N–H and O–H groups in total. The van der Waals surface area contributed by atoms with Crippen LogP contribution < -0.4 is 0 Å². The standard InChI is InChI=1S/C14H20N2O3/c1-4-16-12-8-6-5-7-10(12)11(15-16)9-13(17)14(18-2)19-3/h5-8,13-14,17H,4,9H2,1-3H3. The van der Waals surface area contributed by atoms with Crippen molar-refractivity contribution in [3.8, 4) is 0 Å². The van der Waals surface area contributed by atoms with Crippen molar-refractivity contribution >= 4 is 10.9 Å². The minimum absolute atomic E-state index is 0.403. The van der Waals surface area contributed by atoms with Gasteiger partial charge in [-0.3, -0.25) is 4.68 Å². The fourth-order valence-electron chi connectivity index (χ4n) is 2.29. The quantitative estimate of drug-likeness (QED) is 0.805. The second-order valence-corrected chi connectivity index (χ2v) is 4.39. The Bertz CT molecular complexity index is 534. The molecule has 0 fully saturated rings. The average molecular weight is 264 g/mol. The molecule has 0 aliphatic heterocycles. The van der Waals surface area contributed by atoms with Crippen molar-refractivity contribution in [3.63, 3.8) is 0 Å².